The average Bonchev–Trinajstić information content (AvgIpc) is 3.03. The Kier molecular flexibility index (Phi) is 6.93. The quantitative estimate of drug-likeness (QED) is 0.503. The van der Waals surface area contributed by atoms with E-state index in [1.165, 1.54) is 18.4 Å². The van der Waals surface area contributed by atoms with E-state index in [1.807, 2.05) is 18.4 Å². The van der Waals surface area contributed by atoms with Crippen LogP contribution in [0.2, 0.25) is 0 Å². The minimum Gasteiger partial charge on any atom is -0.314 e. The molecule has 1 unspecified atom stereocenters. The van der Waals surface area contributed by atoms with Gasteiger partial charge in [-0.05, 0) is 73.4 Å². The third-order valence-corrected chi connectivity index (χ3v) is 7.70. The Morgan fingerprint density at radius 2 is 1.63 bits per heavy atom. The maximum Gasteiger partial charge on any atom is 0.175 e. The van der Waals surface area contributed by atoms with Crippen LogP contribution >= 0.6 is 0 Å². The molecule has 0 radical (unpaired) electrons. The first-order valence-electron chi connectivity index (χ1n) is 9.83. The highest BCUT2D eigenvalue weighted by Gasteiger charge is 2.16. The first kappa shape index (κ1) is 22.4. The summed E-state index contributed by atoms with van der Waals surface area (Å²) in [5.41, 5.74) is 4.63. The van der Waals surface area contributed by atoms with Crippen molar-refractivity contribution in [1.29, 1.82) is 0 Å². The van der Waals surface area contributed by atoms with Gasteiger partial charge in [-0.25, -0.2) is 12.8 Å². The molecule has 1 atom stereocenters. The van der Waals surface area contributed by atoms with E-state index in [9.17, 15) is 17.0 Å². The molecule has 0 fully saturated rings. The molecule has 0 saturated heterocycles. The summed E-state index contributed by atoms with van der Waals surface area (Å²) in [5, 5.41) is 0. The Bertz CT molecular complexity index is 1150. The molecular weight excluding hydrogens is 421 g/mol. The van der Waals surface area contributed by atoms with Crippen LogP contribution in [0.3, 0.4) is 0 Å². The molecule has 2 aromatic carbocycles. The van der Waals surface area contributed by atoms with Crippen LogP contribution in [0.1, 0.15) is 24.6 Å². The molecular formula is C23H26FNO3S2. The number of aryl methyl sites for hydroxylation is 1. The molecule has 1 heterocycles. The maximum atomic E-state index is 13.5. The molecule has 1 aromatic heterocycles. The van der Waals surface area contributed by atoms with E-state index in [0.29, 0.717) is 17.9 Å². The molecule has 3 rings (SSSR count). The zero-order valence-electron chi connectivity index (χ0n) is 17.4. The molecule has 7 heteroatoms. The largest absolute Gasteiger partial charge is 0.314 e. The van der Waals surface area contributed by atoms with Crippen molar-refractivity contribution in [3.63, 3.8) is 0 Å². The van der Waals surface area contributed by atoms with E-state index >= 15 is 0 Å². The molecule has 30 heavy (non-hydrogen) atoms. The second-order valence-electron chi connectivity index (χ2n) is 7.35. The highest BCUT2D eigenvalue weighted by Crippen LogP contribution is 2.31. The Labute approximate surface area is 180 Å². The fraction of sp³-hybridized carbons (Fsp3) is 0.304. The number of sulfone groups is 1. The number of nitrogens with zero attached hydrogens (tertiary/aromatic N) is 1. The van der Waals surface area contributed by atoms with Crippen LogP contribution in [-0.4, -0.2) is 35.0 Å². The van der Waals surface area contributed by atoms with Crippen molar-refractivity contribution < 1.29 is 17.0 Å². The van der Waals surface area contributed by atoms with Crippen molar-refractivity contribution in [1.82, 2.24) is 4.57 Å². The maximum absolute atomic E-state index is 13.5. The minimum atomic E-state index is -3.28. The second kappa shape index (κ2) is 9.27. The zero-order chi connectivity index (χ0) is 21.9. The summed E-state index contributed by atoms with van der Waals surface area (Å²) in [6.07, 6.45) is 2.75. The van der Waals surface area contributed by atoms with Gasteiger partial charge in [-0.1, -0.05) is 19.1 Å². The number of halogens is 1. The van der Waals surface area contributed by atoms with Gasteiger partial charge in [0.1, 0.15) is 5.82 Å². The minimum absolute atomic E-state index is 0.262. The van der Waals surface area contributed by atoms with Crippen LogP contribution in [0.15, 0.2) is 59.5 Å². The number of hydrogen-bond acceptors (Lipinski definition) is 3. The van der Waals surface area contributed by atoms with Crippen molar-refractivity contribution in [2.45, 2.75) is 31.6 Å². The first-order valence-corrected chi connectivity index (χ1v) is 13.2. The Balaban J connectivity index is 2.07. The first-order chi connectivity index (χ1) is 14.2. The van der Waals surface area contributed by atoms with E-state index in [1.54, 1.807) is 36.4 Å². The van der Waals surface area contributed by atoms with Gasteiger partial charge in [-0.3, -0.25) is 4.21 Å². The highest BCUT2D eigenvalue weighted by atomic mass is 32.2. The van der Waals surface area contributed by atoms with Gasteiger partial charge in [0.25, 0.3) is 0 Å². The average molecular weight is 448 g/mol. The predicted molar refractivity (Wildman–Crippen MR) is 121 cm³/mol. The van der Waals surface area contributed by atoms with Crippen LogP contribution in [0, 0.1) is 12.7 Å². The summed E-state index contributed by atoms with van der Waals surface area (Å²) in [6, 6.07) is 15.1. The van der Waals surface area contributed by atoms with Crippen molar-refractivity contribution in [2.75, 3.05) is 17.8 Å². The highest BCUT2D eigenvalue weighted by molar-refractivity contribution is 7.90. The smallest absolute Gasteiger partial charge is 0.175 e. The summed E-state index contributed by atoms with van der Waals surface area (Å²) in [5.74, 6) is 0.976. The van der Waals surface area contributed by atoms with Crippen LogP contribution in [0.4, 0.5) is 4.39 Å². The van der Waals surface area contributed by atoms with Gasteiger partial charge in [0.05, 0.1) is 10.6 Å². The zero-order valence-corrected chi connectivity index (χ0v) is 19.0. The lowest BCUT2D eigenvalue weighted by molar-refractivity contribution is 0.602. The number of benzene rings is 2. The topological polar surface area (TPSA) is 56.1 Å². The normalized spacial score (nSPS) is 12.8. The van der Waals surface area contributed by atoms with E-state index in [-0.39, 0.29) is 10.7 Å². The van der Waals surface area contributed by atoms with Gasteiger partial charge in [0.15, 0.2) is 9.84 Å². The lowest BCUT2D eigenvalue weighted by Crippen LogP contribution is -2.05. The van der Waals surface area contributed by atoms with E-state index in [2.05, 4.69) is 6.07 Å². The molecule has 160 valence electrons. The third kappa shape index (κ3) is 5.08. The van der Waals surface area contributed by atoms with Crippen molar-refractivity contribution >= 4 is 20.6 Å². The summed E-state index contributed by atoms with van der Waals surface area (Å²) in [4.78, 5) is 0.262. The summed E-state index contributed by atoms with van der Waals surface area (Å²) >= 11 is 0. The fourth-order valence-electron chi connectivity index (χ4n) is 3.47. The van der Waals surface area contributed by atoms with Gasteiger partial charge in [-0.15, -0.1) is 0 Å². The molecule has 3 aromatic rings. The monoisotopic (exact) mass is 447 g/mol. The standard InChI is InChI=1S/C23H26FNO3S2/c1-4-14-29(26)15-13-19-16-23(18-5-11-22(12-6-18)30(3,27)28)25(17(19)2)21-9-7-20(24)8-10-21/h5-12,16H,4,13-15H2,1-3H3. The number of hydrogen-bond donors (Lipinski definition) is 0. The molecule has 0 spiro atoms. The molecule has 4 nitrogen and oxygen atoms in total. The SMILES string of the molecule is CCCS(=O)CCc1cc(-c2ccc(S(C)(=O)=O)cc2)n(-c2ccc(F)cc2)c1C. The molecule has 0 amide bonds. The summed E-state index contributed by atoms with van der Waals surface area (Å²) < 4.78 is 51.2. The molecule has 0 N–H and O–H groups in total. The molecule has 0 aliphatic rings. The van der Waals surface area contributed by atoms with Crippen molar-refractivity contribution in [3.05, 3.63) is 71.7 Å². The van der Waals surface area contributed by atoms with Gasteiger partial charge >= 0.3 is 0 Å². The fourth-order valence-corrected chi connectivity index (χ4v) is 5.21. The van der Waals surface area contributed by atoms with E-state index < -0.39 is 20.6 Å². The van der Waals surface area contributed by atoms with Crippen LogP contribution in [-0.2, 0) is 27.1 Å². The van der Waals surface area contributed by atoms with Crippen LogP contribution in [0.25, 0.3) is 16.9 Å². The van der Waals surface area contributed by atoms with Gasteiger partial charge in [0, 0.05) is 39.9 Å². The molecule has 0 aliphatic carbocycles. The lowest BCUT2D eigenvalue weighted by atomic mass is 10.1. The van der Waals surface area contributed by atoms with E-state index in [0.717, 1.165) is 34.6 Å². The summed E-state index contributed by atoms with van der Waals surface area (Å²) in [6.45, 7) is 4.02. The predicted octanol–water partition coefficient (Wildman–Crippen LogP) is 4.70. The van der Waals surface area contributed by atoms with Gasteiger partial charge < -0.3 is 4.57 Å². The molecule has 0 bridgehead atoms. The molecule has 0 saturated carbocycles. The Morgan fingerprint density at radius 3 is 2.20 bits per heavy atom. The molecule has 0 aliphatic heterocycles. The second-order valence-corrected chi connectivity index (χ2v) is 11.1. The Morgan fingerprint density at radius 1 is 1.00 bits per heavy atom. The third-order valence-electron chi connectivity index (χ3n) is 5.05. The van der Waals surface area contributed by atoms with E-state index in [4.69, 9.17) is 0 Å². The van der Waals surface area contributed by atoms with Gasteiger partial charge in [-0.2, -0.15) is 0 Å². The summed E-state index contributed by atoms with van der Waals surface area (Å²) in [7, 11) is -4.13. The Hall–Kier alpha value is -2.25. The lowest BCUT2D eigenvalue weighted by Gasteiger charge is -2.13. The van der Waals surface area contributed by atoms with Crippen molar-refractivity contribution in [3.8, 4) is 16.9 Å². The van der Waals surface area contributed by atoms with Crippen LogP contribution < -0.4 is 0 Å². The van der Waals surface area contributed by atoms with Gasteiger partial charge in [0.2, 0.25) is 0 Å². The number of aromatic nitrogens is 1. The van der Waals surface area contributed by atoms with Crippen molar-refractivity contribution in [2.24, 2.45) is 0 Å². The van der Waals surface area contributed by atoms with Crippen LogP contribution in [0.5, 0.6) is 0 Å². The number of rotatable bonds is 8.